The monoisotopic (exact) mass is 592 g/mol. The number of fused-ring (bicyclic) bond motifs is 3. The normalized spacial score (nSPS) is 34.4. The second-order valence-corrected chi connectivity index (χ2v) is 14.1. The van der Waals surface area contributed by atoms with E-state index in [4.69, 9.17) is 0 Å². The summed E-state index contributed by atoms with van der Waals surface area (Å²) in [5.41, 5.74) is -6.08. The van der Waals surface area contributed by atoms with Gasteiger partial charge in [-0.05, 0) is 48.6 Å². The molecular weight excluding hydrogens is 548 g/mol. The number of carbonyl (C=O) groups excluding carboxylic acids is 4. The average Bonchev–Trinajstić information content (AvgIpc) is 3.45. The summed E-state index contributed by atoms with van der Waals surface area (Å²) in [6, 6.07) is 4.73. The van der Waals surface area contributed by atoms with E-state index < -0.39 is 74.5 Å². The predicted octanol–water partition coefficient (Wildman–Crippen LogP) is 6.06. The SMILES string of the molecule is CC(=O)C1=C(O)C(C(C)C)[C@@]2(C)[C@H](CC(=O)CCC3CCCC3)[C@]3(C)C(=C(O)[C@@]2(O)C1=O)C(=O)c1c(O)cccc1[C@H]3C. The van der Waals surface area contributed by atoms with Gasteiger partial charge in [0.15, 0.2) is 17.2 Å². The van der Waals surface area contributed by atoms with Crippen molar-refractivity contribution < 1.29 is 39.6 Å². The summed E-state index contributed by atoms with van der Waals surface area (Å²) in [7, 11) is 0. The second kappa shape index (κ2) is 10.4. The van der Waals surface area contributed by atoms with Crippen LogP contribution in [0.5, 0.6) is 5.75 Å². The van der Waals surface area contributed by atoms with Gasteiger partial charge < -0.3 is 20.4 Å². The van der Waals surface area contributed by atoms with Crippen molar-refractivity contribution in [3.63, 3.8) is 0 Å². The molecule has 0 saturated heterocycles. The summed E-state index contributed by atoms with van der Waals surface area (Å²) in [6.07, 6.45) is 5.37. The molecule has 232 valence electrons. The number of carbonyl (C=O) groups is 4. The highest BCUT2D eigenvalue weighted by atomic mass is 16.4. The summed E-state index contributed by atoms with van der Waals surface area (Å²) < 4.78 is 0. The Morgan fingerprint density at radius 3 is 2.26 bits per heavy atom. The first-order valence-corrected chi connectivity index (χ1v) is 15.6. The molecule has 1 aromatic rings. The van der Waals surface area contributed by atoms with E-state index in [2.05, 4.69) is 0 Å². The molecule has 0 radical (unpaired) electrons. The van der Waals surface area contributed by atoms with E-state index in [1.54, 1.807) is 39.8 Å². The molecule has 0 aromatic heterocycles. The number of allylic oxidation sites excluding steroid dienone is 2. The quantitative estimate of drug-likeness (QED) is 0.279. The number of phenolic OH excluding ortho intramolecular Hbond substituents is 1. The van der Waals surface area contributed by atoms with Gasteiger partial charge in [0.25, 0.3) is 0 Å². The van der Waals surface area contributed by atoms with Crippen molar-refractivity contribution in [3.8, 4) is 5.75 Å². The minimum atomic E-state index is -2.78. The third-order valence-corrected chi connectivity index (χ3v) is 11.7. The van der Waals surface area contributed by atoms with E-state index in [0.717, 1.165) is 39.0 Å². The van der Waals surface area contributed by atoms with Crippen LogP contribution in [-0.4, -0.2) is 49.2 Å². The van der Waals surface area contributed by atoms with Crippen LogP contribution in [0.15, 0.2) is 40.9 Å². The minimum absolute atomic E-state index is 0.0265. The third kappa shape index (κ3) is 4.04. The fourth-order valence-corrected chi connectivity index (χ4v) is 9.52. The van der Waals surface area contributed by atoms with Gasteiger partial charge in [-0.2, -0.15) is 0 Å². The van der Waals surface area contributed by atoms with E-state index >= 15 is 0 Å². The lowest BCUT2D eigenvalue weighted by molar-refractivity contribution is -0.193. The molecular formula is C35H44O8. The number of hydrogen-bond acceptors (Lipinski definition) is 8. The van der Waals surface area contributed by atoms with E-state index in [-0.39, 0.29) is 29.1 Å². The van der Waals surface area contributed by atoms with Gasteiger partial charge in [-0.25, -0.2) is 0 Å². The van der Waals surface area contributed by atoms with Gasteiger partial charge in [0.1, 0.15) is 28.6 Å². The maximum atomic E-state index is 14.3. The lowest BCUT2D eigenvalue weighted by atomic mass is 9.38. The molecule has 0 bridgehead atoms. The van der Waals surface area contributed by atoms with Crippen molar-refractivity contribution >= 4 is 23.1 Å². The number of aliphatic hydroxyl groups excluding tert-OH is 2. The highest BCUT2D eigenvalue weighted by molar-refractivity contribution is 6.25. The number of hydrogen-bond donors (Lipinski definition) is 4. The standard InChI is InChI=1S/C35H44O8/c1-17(2)27-29(39)25(19(4)36)31(41)35(43)32(42)28-30(40)26-22(12-9-13-23(26)38)18(3)33(28,5)24(34(27,35)6)16-21(37)15-14-20-10-7-8-11-20/h9,12-13,17-18,20,24,27,38-39,42-43H,7-8,10-11,14-16H2,1-6H3/t18-,24-,27?,33-,34-,35+/m1/s1. The highest BCUT2D eigenvalue weighted by Crippen LogP contribution is 2.71. The summed E-state index contributed by atoms with van der Waals surface area (Å²) in [4.78, 5) is 55.1. The van der Waals surface area contributed by atoms with Gasteiger partial charge in [-0.1, -0.05) is 72.4 Å². The molecule has 4 aliphatic rings. The predicted molar refractivity (Wildman–Crippen MR) is 160 cm³/mol. The molecule has 4 aliphatic carbocycles. The minimum Gasteiger partial charge on any atom is -0.511 e. The molecule has 1 aromatic carbocycles. The van der Waals surface area contributed by atoms with Crippen molar-refractivity contribution in [2.75, 3.05) is 0 Å². The van der Waals surface area contributed by atoms with Crippen molar-refractivity contribution in [1.29, 1.82) is 0 Å². The van der Waals surface area contributed by atoms with E-state index in [0.29, 0.717) is 17.9 Å². The summed E-state index contributed by atoms with van der Waals surface area (Å²) in [5, 5.41) is 47.0. The first kappa shape index (κ1) is 31.2. The summed E-state index contributed by atoms with van der Waals surface area (Å²) >= 11 is 0. The van der Waals surface area contributed by atoms with Crippen LogP contribution in [-0.2, 0) is 14.4 Å². The van der Waals surface area contributed by atoms with Gasteiger partial charge in [0.05, 0.1) is 5.56 Å². The molecule has 8 nitrogen and oxygen atoms in total. The van der Waals surface area contributed by atoms with Crippen molar-refractivity contribution in [2.24, 2.45) is 34.5 Å². The van der Waals surface area contributed by atoms with Crippen LogP contribution in [0.25, 0.3) is 0 Å². The number of aliphatic hydroxyl groups is 3. The topological polar surface area (TPSA) is 149 Å². The molecule has 4 N–H and O–H groups in total. The zero-order valence-corrected chi connectivity index (χ0v) is 26.0. The van der Waals surface area contributed by atoms with Gasteiger partial charge in [-0.3, -0.25) is 19.2 Å². The van der Waals surface area contributed by atoms with Gasteiger partial charge >= 0.3 is 0 Å². The first-order valence-electron chi connectivity index (χ1n) is 15.6. The van der Waals surface area contributed by atoms with E-state index in [1.807, 2.05) is 6.92 Å². The number of aromatic hydroxyl groups is 1. The van der Waals surface area contributed by atoms with Crippen molar-refractivity contribution in [1.82, 2.24) is 0 Å². The number of phenols is 1. The van der Waals surface area contributed by atoms with Crippen LogP contribution < -0.4 is 0 Å². The Balaban J connectivity index is 1.81. The number of rotatable bonds is 7. The molecule has 0 amide bonds. The lowest BCUT2D eigenvalue weighted by Crippen LogP contribution is -2.71. The van der Waals surface area contributed by atoms with Gasteiger partial charge in [-0.15, -0.1) is 0 Å². The van der Waals surface area contributed by atoms with E-state index in [9.17, 15) is 39.6 Å². The molecule has 1 saturated carbocycles. The van der Waals surface area contributed by atoms with Crippen LogP contribution in [0.2, 0.25) is 0 Å². The summed E-state index contributed by atoms with van der Waals surface area (Å²) in [5.74, 6) is -6.83. The first-order chi connectivity index (χ1) is 20.1. The van der Waals surface area contributed by atoms with Crippen LogP contribution in [0.1, 0.15) is 108 Å². The molecule has 0 aliphatic heterocycles. The van der Waals surface area contributed by atoms with Crippen molar-refractivity contribution in [3.05, 3.63) is 52.0 Å². The van der Waals surface area contributed by atoms with Crippen LogP contribution >= 0.6 is 0 Å². The second-order valence-electron chi connectivity index (χ2n) is 14.1. The third-order valence-electron chi connectivity index (χ3n) is 11.7. The van der Waals surface area contributed by atoms with Crippen molar-refractivity contribution in [2.45, 2.75) is 98.0 Å². The maximum absolute atomic E-state index is 14.3. The molecule has 8 heteroatoms. The molecule has 5 rings (SSSR count). The fraction of sp³-hybridized carbons (Fsp3) is 0.600. The van der Waals surface area contributed by atoms with Crippen LogP contribution in [0.4, 0.5) is 0 Å². The van der Waals surface area contributed by atoms with Gasteiger partial charge in [0, 0.05) is 35.2 Å². The van der Waals surface area contributed by atoms with Crippen LogP contribution in [0.3, 0.4) is 0 Å². The smallest absolute Gasteiger partial charge is 0.209 e. The molecule has 6 atom stereocenters. The molecule has 1 unspecified atom stereocenters. The Hall–Kier alpha value is -3.26. The van der Waals surface area contributed by atoms with E-state index in [1.165, 1.54) is 6.07 Å². The molecule has 0 spiro atoms. The molecule has 1 fully saturated rings. The maximum Gasteiger partial charge on any atom is 0.209 e. The zero-order valence-electron chi connectivity index (χ0n) is 26.0. The van der Waals surface area contributed by atoms with Gasteiger partial charge in [0.2, 0.25) is 5.78 Å². The Labute approximate surface area is 252 Å². The highest BCUT2D eigenvalue weighted by Gasteiger charge is 2.75. The average molecular weight is 593 g/mol. The number of ketones is 4. The Morgan fingerprint density at radius 1 is 1.05 bits per heavy atom. The molecule has 43 heavy (non-hydrogen) atoms. The Kier molecular flexibility index (Phi) is 7.56. The Bertz CT molecular complexity index is 1480. The molecule has 0 heterocycles. The Morgan fingerprint density at radius 2 is 1.67 bits per heavy atom. The number of Topliss-reactive ketones (excluding diaryl/α,β-unsaturated/α-hetero) is 4. The fourth-order valence-electron chi connectivity index (χ4n) is 9.52. The zero-order chi connectivity index (χ0) is 31.8. The summed E-state index contributed by atoms with van der Waals surface area (Å²) in [6.45, 7) is 9.92. The lowest BCUT2D eigenvalue weighted by Gasteiger charge is -2.65. The largest absolute Gasteiger partial charge is 0.511 e. The number of benzene rings is 1. The van der Waals surface area contributed by atoms with Crippen LogP contribution in [0, 0.1) is 34.5 Å².